The number of hydrogen-bond acceptors (Lipinski definition) is 4. The number of fused-ring (bicyclic) bond motifs is 2. The Labute approximate surface area is 188 Å². The van der Waals surface area contributed by atoms with Crippen molar-refractivity contribution in [2.75, 3.05) is 23.5 Å². The minimum atomic E-state index is -3.22. The molecule has 1 saturated heterocycles. The van der Waals surface area contributed by atoms with Gasteiger partial charge in [0, 0.05) is 42.1 Å². The Morgan fingerprint density at radius 2 is 1.91 bits per heavy atom. The molecule has 6 nitrogen and oxygen atoms in total. The number of carbonyl (C=O) groups is 2. The molecular formula is C24H29FN2O4Si. The number of amides is 2. The molecule has 1 N–H and O–H groups in total. The Bertz CT molecular complexity index is 1030. The van der Waals surface area contributed by atoms with E-state index in [0.29, 0.717) is 22.6 Å². The van der Waals surface area contributed by atoms with Gasteiger partial charge in [0.15, 0.2) is 5.60 Å². The van der Waals surface area contributed by atoms with Gasteiger partial charge in [0.05, 0.1) is 11.8 Å². The standard InChI is InChI=1S/C24H29FN2O4Si/c1-16-22(32(3,4)25)21(12-13-28)31-24(16)19-14-18(10-11-20(19)26(2)23(24)30)27(15-29)17-8-6-5-7-9-17/h5-11,14-16,21-22,28H,12-13H2,1-4H3/t16-,21+,22-,24+/m0/s1. The molecule has 4 atom stereocenters. The van der Waals surface area contributed by atoms with Crippen LogP contribution in [0.3, 0.4) is 0 Å². The summed E-state index contributed by atoms with van der Waals surface area (Å²) in [6.07, 6.45) is 0.455. The van der Waals surface area contributed by atoms with E-state index >= 15 is 4.11 Å². The van der Waals surface area contributed by atoms with Gasteiger partial charge >= 0.3 is 0 Å². The highest BCUT2D eigenvalue weighted by atomic mass is 28.4. The molecule has 32 heavy (non-hydrogen) atoms. The third-order valence-corrected chi connectivity index (χ3v) is 9.36. The largest absolute Gasteiger partial charge is 0.396 e. The lowest BCUT2D eigenvalue weighted by Crippen LogP contribution is -2.44. The predicted octanol–water partition coefficient (Wildman–Crippen LogP) is 4.11. The Kier molecular flexibility index (Phi) is 5.73. The average Bonchev–Trinajstić information content (AvgIpc) is 3.17. The van der Waals surface area contributed by atoms with Crippen molar-refractivity contribution < 1.29 is 23.5 Å². The molecule has 0 aliphatic carbocycles. The van der Waals surface area contributed by atoms with Crippen LogP contribution >= 0.6 is 0 Å². The fourth-order valence-electron chi connectivity index (χ4n) is 5.55. The first-order valence-corrected chi connectivity index (χ1v) is 13.8. The normalized spacial score (nSPS) is 27.1. The van der Waals surface area contributed by atoms with Crippen molar-refractivity contribution in [1.82, 2.24) is 0 Å². The summed E-state index contributed by atoms with van der Waals surface area (Å²) in [6.45, 7) is 4.99. The highest BCUT2D eigenvalue weighted by Gasteiger charge is 2.66. The predicted molar refractivity (Wildman–Crippen MR) is 124 cm³/mol. The molecule has 8 heteroatoms. The van der Waals surface area contributed by atoms with Crippen LogP contribution in [0.2, 0.25) is 18.6 Å². The molecule has 2 aliphatic rings. The van der Waals surface area contributed by atoms with Crippen LogP contribution in [0.4, 0.5) is 21.2 Å². The van der Waals surface area contributed by atoms with Crippen molar-refractivity contribution >= 4 is 37.8 Å². The van der Waals surface area contributed by atoms with E-state index in [0.717, 1.165) is 6.41 Å². The minimum absolute atomic E-state index is 0.141. The summed E-state index contributed by atoms with van der Waals surface area (Å²) in [5.41, 5.74) is 0.835. The number of nitrogens with zero attached hydrogens (tertiary/aromatic N) is 2. The van der Waals surface area contributed by atoms with E-state index in [1.807, 2.05) is 37.3 Å². The number of anilines is 3. The first kappa shape index (κ1) is 22.6. The molecule has 0 aromatic heterocycles. The Hall–Kier alpha value is -2.55. The average molecular weight is 457 g/mol. The second-order valence-electron chi connectivity index (χ2n) is 9.16. The first-order valence-electron chi connectivity index (χ1n) is 10.9. The number of carbonyl (C=O) groups excluding carboxylic acids is 2. The number of rotatable bonds is 6. The SMILES string of the molecule is C[C@H]1[C@H]([Si](C)(C)F)[C@@H](CCO)O[C@]12C(=O)N(C)c1ccc(N(C=O)c3ccccc3)cc12. The number of para-hydroxylation sites is 1. The van der Waals surface area contributed by atoms with Crippen LogP contribution in [0, 0.1) is 5.92 Å². The molecule has 1 fully saturated rings. The third-order valence-electron chi connectivity index (χ3n) is 6.91. The van der Waals surface area contributed by atoms with Gasteiger partial charge in [-0.05, 0) is 49.8 Å². The van der Waals surface area contributed by atoms with Crippen LogP contribution < -0.4 is 9.80 Å². The molecule has 0 unspecified atom stereocenters. The first-order chi connectivity index (χ1) is 15.2. The van der Waals surface area contributed by atoms with E-state index in [2.05, 4.69) is 0 Å². The number of ether oxygens (including phenoxy) is 1. The summed E-state index contributed by atoms with van der Waals surface area (Å²) >= 11 is 0. The maximum Gasteiger partial charge on any atom is 0.264 e. The molecule has 170 valence electrons. The lowest BCUT2D eigenvalue weighted by Gasteiger charge is -2.31. The quantitative estimate of drug-likeness (QED) is 0.403. The van der Waals surface area contributed by atoms with E-state index in [-0.39, 0.29) is 18.9 Å². The molecule has 0 radical (unpaired) electrons. The molecular weight excluding hydrogens is 427 g/mol. The van der Waals surface area contributed by atoms with E-state index in [9.17, 15) is 14.7 Å². The van der Waals surface area contributed by atoms with E-state index in [1.165, 1.54) is 4.90 Å². The zero-order chi connectivity index (χ0) is 23.3. The molecule has 2 heterocycles. The summed E-state index contributed by atoms with van der Waals surface area (Å²) in [6, 6.07) is 14.6. The van der Waals surface area contributed by atoms with E-state index in [4.69, 9.17) is 4.74 Å². The van der Waals surface area contributed by atoms with Gasteiger partial charge in [-0.2, -0.15) is 0 Å². The fraction of sp³-hybridized carbons (Fsp3) is 0.417. The van der Waals surface area contributed by atoms with Gasteiger partial charge in [0.1, 0.15) is 0 Å². The van der Waals surface area contributed by atoms with Gasteiger partial charge < -0.3 is 18.9 Å². The number of aliphatic hydroxyl groups excluding tert-OH is 1. The number of aliphatic hydroxyl groups is 1. The summed E-state index contributed by atoms with van der Waals surface area (Å²) in [5.74, 6) is -0.656. The summed E-state index contributed by atoms with van der Waals surface area (Å²) in [5, 5.41) is 9.59. The van der Waals surface area contributed by atoms with E-state index < -0.39 is 31.6 Å². The van der Waals surface area contributed by atoms with Crippen LogP contribution in [0.5, 0.6) is 0 Å². The number of halogens is 1. The summed E-state index contributed by atoms with van der Waals surface area (Å²) in [7, 11) is -1.54. The number of hydrogen-bond donors (Lipinski definition) is 1. The monoisotopic (exact) mass is 456 g/mol. The van der Waals surface area contributed by atoms with E-state index in [1.54, 1.807) is 43.2 Å². The lowest BCUT2D eigenvalue weighted by molar-refractivity contribution is -0.146. The molecule has 2 amide bonds. The highest BCUT2D eigenvalue weighted by Crippen LogP contribution is 2.60. The third kappa shape index (κ3) is 3.28. The van der Waals surface area contributed by atoms with Crippen molar-refractivity contribution in [3.8, 4) is 0 Å². The van der Waals surface area contributed by atoms with Gasteiger partial charge in [-0.3, -0.25) is 14.5 Å². The summed E-state index contributed by atoms with van der Waals surface area (Å²) in [4.78, 5) is 28.6. The Morgan fingerprint density at radius 3 is 2.50 bits per heavy atom. The molecule has 4 rings (SSSR count). The van der Waals surface area contributed by atoms with Gasteiger partial charge in [0.2, 0.25) is 14.8 Å². The maximum atomic E-state index is 15.4. The zero-order valence-electron chi connectivity index (χ0n) is 18.8. The molecule has 1 spiro atoms. The Morgan fingerprint density at radius 1 is 1.22 bits per heavy atom. The lowest BCUT2D eigenvalue weighted by atomic mass is 9.82. The molecule has 0 bridgehead atoms. The second-order valence-corrected chi connectivity index (χ2v) is 13.0. The van der Waals surface area contributed by atoms with Gasteiger partial charge in [-0.1, -0.05) is 25.1 Å². The van der Waals surface area contributed by atoms with Gasteiger partial charge in [0.25, 0.3) is 5.91 Å². The number of benzene rings is 2. The van der Waals surface area contributed by atoms with Gasteiger partial charge in [-0.15, -0.1) is 0 Å². The van der Waals surface area contributed by atoms with Crippen LogP contribution in [0.1, 0.15) is 18.9 Å². The zero-order valence-corrected chi connectivity index (χ0v) is 19.8. The number of likely N-dealkylation sites (N-methyl/N-ethyl adjacent to an activating group) is 1. The van der Waals surface area contributed by atoms with Crippen LogP contribution in [0.25, 0.3) is 0 Å². The topological polar surface area (TPSA) is 70.1 Å². The van der Waals surface area contributed by atoms with Gasteiger partial charge in [-0.25, -0.2) is 0 Å². The highest BCUT2D eigenvalue weighted by molar-refractivity contribution is 6.72. The smallest absolute Gasteiger partial charge is 0.264 e. The maximum absolute atomic E-state index is 15.4. The fourth-order valence-corrected chi connectivity index (χ4v) is 8.09. The molecule has 2 aliphatic heterocycles. The molecule has 0 saturated carbocycles. The van der Waals surface area contributed by atoms with Crippen molar-refractivity contribution in [3.63, 3.8) is 0 Å². The van der Waals surface area contributed by atoms with Crippen LogP contribution in [0.15, 0.2) is 48.5 Å². The van der Waals surface area contributed by atoms with Crippen LogP contribution in [-0.2, 0) is 19.9 Å². The van der Waals surface area contributed by atoms with Crippen LogP contribution in [-0.4, -0.2) is 45.6 Å². The Balaban J connectivity index is 1.86. The second kappa shape index (κ2) is 8.10. The molecule has 2 aromatic carbocycles. The van der Waals surface area contributed by atoms with Crippen molar-refractivity contribution in [3.05, 3.63) is 54.1 Å². The molecule has 2 aromatic rings. The van der Waals surface area contributed by atoms with Crippen molar-refractivity contribution in [2.45, 2.75) is 43.7 Å². The summed E-state index contributed by atoms with van der Waals surface area (Å²) < 4.78 is 21.9. The van der Waals surface area contributed by atoms with Crippen molar-refractivity contribution in [2.24, 2.45) is 5.92 Å². The van der Waals surface area contributed by atoms with Crippen molar-refractivity contribution in [1.29, 1.82) is 0 Å². The minimum Gasteiger partial charge on any atom is -0.396 e.